The number of anilines is 1. The van der Waals surface area contributed by atoms with E-state index in [0.29, 0.717) is 54.4 Å². The highest BCUT2D eigenvalue weighted by Crippen LogP contribution is 2.46. The van der Waals surface area contributed by atoms with E-state index < -0.39 is 5.97 Å². The van der Waals surface area contributed by atoms with Gasteiger partial charge in [0.2, 0.25) is 0 Å². The van der Waals surface area contributed by atoms with Crippen molar-refractivity contribution in [3.63, 3.8) is 0 Å². The molecule has 6 aromatic rings. The minimum absolute atomic E-state index is 0.149. The highest BCUT2D eigenvalue weighted by Gasteiger charge is 2.38. The van der Waals surface area contributed by atoms with Gasteiger partial charge < -0.3 is 28.6 Å². The van der Waals surface area contributed by atoms with Crippen molar-refractivity contribution in [2.45, 2.75) is 73.6 Å². The van der Waals surface area contributed by atoms with E-state index in [9.17, 15) is 9.90 Å². The highest BCUT2D eigenvalue weighted by molar-refractivity contribution is 6.35. The SMILES string of the molecule is CCCOCn1cc(N2C[C@@H](C)n3c(c(CCCOc4cc(C)c(Cl)c(C)c4)c4ccc(Cl)c(-c5c(C)nn(C)c5C)c43)C2=O)c2cc(C(=O)O)ccc21. The zero-order chi connectivity index (χ0) is 38.6. The summed E-state index contributed by atoms with van der Waals surface area (Å²) in [5, 5.41) is 17.6. The number of benzene rings is 3. The third-order valence-corrected chi connectivity index (χ3v) is 11.5. The largest absolute Gasteiger partial charge is 0.494 e. The predicted octanol–water partition coefficient (Wildman–Crippen LogP) is 9.85. The van der Waals surface area contributed by atoms with Gasteiger partial charge in [0.25, 0.3) is 5.91 Å². The second-order valence-electron chi connectivity index (χ2n) is 14.3. The molecule has 4 heterocycles. The summed E-state index contributed by atoms with van der Waals surface area (Å²) in [7, 11) is 1.92. The zero-order valence-electron chi connectivity index (χ0n) is 31.7. The lowest BCUT2D eigenvalue weighted by Gasteiger charge is -2.34. The van der Waals surface area contributed by atoms with Gasteiger partial charge in [0.15, 0.2) is 0 Å². The molecule has 282 valence electrons. The molecular formula is C42H45Cl2N5O5. The average Bonchev–Trinajstić information content (AvgIpc) is 3.75. The third kappa shape index (κ3) is 6.44. The normalized spacial score (nSPS) is 14.4. The van der Waals surface area contributed by atoms with E-state index >= 15 is 4.79 Å². The van der Waals surface area contributed by atoms with Crippen LogP contribution >= 0.6 is 23.2 Å². The van der Waals surface area contributed by atoms with Crippen molar-refractivity contribution in [3.8, 4) is 16.9 Å². The predicted molar refractivity (Wildman–Crippen MR) is 215 cm³/mol. The van der Waals surface area contributed by atoms with E-state index in [-0.39, 0.29) is 24.2 Å². The molecule has 0 radical (unpaired) electrons. The first-order valence-corrected chi connectivity index (χ1v) is 19.1. The third-order valence-electron chi connectivity index (χ3n) is 10.5. The summed E-state index contributed by atoms with van der Waals surface area (Å²) < 4.78 is 18.1. The van der Waals surface area contributed by atoms with Crippen molar-refractivity contribution in [2.75, 3.05) is 24.7 Å². The van der Waals surface area contributed by atoms with E-state index in [0.717, 1.165) is 72.8 Å². The van der Waals surface area contributed by atoms with Crippen LogP contribution in [-0.4, -0.2) is 55.7 Å². The summed E-state index contributed by atoms with van der Waals surface area (Å²) in [6.45, 7) is 13.7. The lowest BCUT2D eigenvalue weighted by molar-refractivity contribution is 0.0696. The maximum absolute atomic E-state index is 15.2. The van der Waals surface area contributed by atoms with Crippen molar-refractivity contribution in [3.05, 3.63) is 98.0 Å². The van der Waals surface area contributed by atoms with Crippen LogP contribution in [-0.2, 0) is 24.9 Å². The Kier molecular flexibility index (Phi) is 10.3. The van der Waals surface area contributed by atoms with Gasteiger partial charge in [-0.25, -0.2) is 4.79 Å². The first-order chi connectivity index (χ1) is 25.8. The molecule has 0 saturated carbocycles. The number of nitrogens with zero attached hydrogens (tertiary/aromatic N) is 5. The number of aromatic nitrogens is 4. The van der Waals surface area contributed by atoms with E-state index in [4.69, 9.17) is 37.8 Å². The van der Waals surface area contributed by atoms with Crippen molar-refractivity contribution >= 4 is 62.6 Å². The van der Waals surface area contributed by atoms with E-state index in [2.05, 4.69) is 11.5 Å². The minimum Gasteiger partial charge on any atom is -0.494 e. The molecular weight excluding hydrogens is 725 g/mol. The van der Waals surface area contributed by atoms with Gasteiger partial charge in [-0.05, 0) is 107 Å². The number of carboxylic acid groups (broad SMARTS) is 1. The molecule has 1 aliphatic rings. The maximum Gasteiger partial charge on any atom is 0.335 e. The van der Waals surface area contributed by atoms with Gasteiger partial charge >= 0.3 is 5.97 Å². The lowest BCUT2D eigenvalue weighted by atomic mass is 9.98. The molecule has 0 saturated heterocycles. The molecule has 0 bridgehead atoms. The van der Waals surface area contributed by atoms with E-state index in [1.54, 1.807) is 23.1 Å². The van der Waals surface area contributed by atoms with Crippen LogP contribution in [0.4, 0.5) is 5.69 Å². The fraction of sp³-hybridized carbons (Fsp3) is 0.357. The Balaban J connectivity index is 1.37. The molecule has 12 heteroatoms. The number of hydrogen-bond acceptors (Lipinski definition) is 5. The monoisotopic (exact) mass is 769 g/mol. The zero-order valence-corrected chi connectivity index (χ0v) is 33.2. The molecule has 3 aromatic heterocycles. The molecule has 0 spiro atoms. The molecule has 0 unspecified atom stereocenters. The van der Waals surface area contributed by atoms with Crippen LogP contribution < -0.4 is 9.64 Å². The number of rotatable bonds is 12. The first-order valence-electron chi connectivity index (χ1n) is 18.3. The van der Waals surface area contributed by atoms with Gasteiger partial charge in [0.05, 0.1) is 39.6 Å². The second-order valence-corrected chi connectivity index (χ2v) is 15.1. The fourth-order valence-corrected chi connectivity index (χ4v) is 8.33. The average molecular weight is 771 g/mol. The molecule has 0 fully saturated rings. The number of amides is 1. The smallest absolute Gasteiger partial charge is 0.335 e. The van der Waals surface area contributed by atoms with Crippen molar-refractivity contribution < 1.29 is 24.2 Å². The molecule has 1 aliphatic heterocycles. The standard InChI is InChI=1S/C42H45Cl2N5O5/c1-8-15-53-22-47-21-35(32-19-28(42(51)52)11-14-34(32)47)48-20-25(4)49-39-31(12-13-33(43)37(39)36-26(5)45-46(7)27(36)6)30(40(49)41(48)50)10-9-16-54-29-17-23(2)38(44)24(3)18-29/h11-14,17-19,21,25H,8-10,15-16,20,22H2,1-7H3,(H,51,52)/t25-/m1/s1. The Labute approximate surface area is 324 Å². The summed E-state index contributed by atoms with van der Waals surface area (Å²) in [5.74, 6) is -0.444. The number of ether oxygens (including phenoxy) is 2. The van der Waals surface area contributed by atoms with Crippen LogP contribution in [0.3, 0.4) is 0 Å². The van der Waals surface area contributed by atoms with Gasteiger partial charge in [-0.1, -0.05) is 36.2 Å². The van der Waals surface area contributed by atoms with Crippen LogP contribution in [0.1, 0.15) is 81.7 Å². The first kappa shape index (κ1) is 37.5. The van der Waals surface area contributed by atoms with Gasteiger partial charge in [-0.3, -0.25) is 9.48 Å². The number of fused-ring (bicyclic) bond motifs is 4. The molecule has 1 N–H and O–H groups in total. The Hall–Kier alpha value is -4.77. The van der Waals surface area contributed by atoms with Crippen LogP contribution in [0.5, 0.6) is 5.75 Å². The Morgan fingerprint density at radius 1 is 1.00 bits per heavy atom. The molecule has 54 heavy (non-hydrogen) atoms. The molecule has 0 aliphatic carbocycles. The van der Waals surface area contributed by atoms with Gasteiger partial charge in [-0.15, -0.1) is 0 Å². The van der Waals surface area contributed by atoms with Crippen LogP contribution in [0.25, 0.3) is 32.9 Å². The number of carbonyl (C=O) groups excluding carboxylic acids is 1. The Morgan fingerprint density at radius 2 is 1.74 bits per heavy atom. The number of aryl methyl sites for hydroxylation is 5. The van der Waals surface area contributed by atoms with Crippen molar-refractivity contribution in [1.29, 1.82) is 0 Å². The number of aromatic carboxylic acids is 1. The fourth-order valence-electron chi connectivity index (χ4n) is 7.98. The summed E-state index contributed by atoms with van der Waals surface area (Å²) in [5.41, 5.74) is 9.54. The number of carbonyl (C=O) groups is 2. The van der Waals surface area contributed by atoms with E-state index in [1.807, 2.05) is 81.4 Å². The van der Waals surface area contributed by atoms with Gasteiger partial charge in [0, 0.05) is 65.1 Å². The molecule has 7 rings (SSSR count). The van der Waals surface area contributed by atoms with Crippen LogP contribution in [0.15, 0.2) is 48.7 Å². The maximum atomic E-state index is 15.2. The highest BCUT2D eigenvalue weighted by atomic mass is 35.5. The van der Waals surface area contributed by atoms with Crippen molar-refractivity contribution in [1.82, 2.24) is 18.9 Å². The van der Waals surface area contributed by atoms with E-state index in [1.165, 1.54) is 0 Å². The van der Waals surface area contributed by atoms with Gasteiger partial charge in [-0.2, -0.15) is 5.10 Å². The number of hydrogen-bond donors (Lipinski definition) is 1. The Morgan fingerprint density at radius 3 is 2.41 bits per heavy atom. The molecule has 3 aromatic carbocycles. The lowest BCUT2D eigenvalue weighted by Crippen LogP contribution is -2.42. The molecule has 1 atom stereocenters. The minimum atomic E-state index is -1.03. The summed E-state index contributed by atoms with van der Waals surface area (Å²) in [4.78, 5) is 29.1. The molecule has 1 amide bonds. The van der Waals surface area contributed by atoms with Crippen LogP contribution in [0.2, 0.25) is 10.0 Å². The molecule has 10 nitrogen and oxygen atoms in total. The quantitative estimate of drug-likeness (QED) is 0.124. The second kappa shape index (κ2) is 14.8. The summed E-state index contributed by atoms with van der Waals surface area (Å²) in [6, 6.07) is 12.7. The summed E-state index contributed by atoms with van der Waals surface area (Å²) >= 11 is 13.5. The van der Waals surface area contributed by atoms with Crippen molar-refractivity contribution in [2.24, 2.45) is 7.05 Å². The van der Waals surface area contributed by atoms with Gasteiger partial charge in [0.1, 0.15) is 18.2 Å². The summed E-state index contributed by atoms with van der Waals surface area (Å²) in [6.07, 6.45) is 3.98. The number of carboxylic acids is 1. The topological polar surface area (TPSA) is 104 Å². The Bertz CT molecular complexity index is 2440. The number of halogens is 2. The van der Waals surface area contributed by atoms with Crippen LogP contribution in [0, 0.1) is 27.7 Å².